The van der Waals surface area contributed by atoms with Crippen LogP contribution >= 0.6 is 0 Å². The minimum absolute atomic E-state index is 0.113. The molecular formula is C30H38N2O10. The van der Waals surface area contributed by atoms with Crippen molar-refractivity contribution in [2.75, 3.05) is 106 Å². The van der Waals surface area contributed by atoms with Gasteiger partial charge in [-0.3, -0.25) is 0 Å². The lowest BCUT2D eigenvalue weighted by Gasteiger charge is -2.13. The molecule has 4 bridgehead atoms. The van der Waals surface area contributed by atoms with Crippen molar-refractivity contribution in [3.63, 3.8) is 0 Å². The Morgan fingerprint density at radius 3 is 1.05 bits per heavy atom. The van der Waals surface area contributed by atoms with Crippen molar-refractivity contribution in [2.24, 2.45) is 0 Å². The van der Waals surface area contributed by atoms with E-state index >= 15 is 0 Å². The largest absolute Gasteiger partial charge is 0.491 e. The van der Waals surface area contributed by atoms with Crippen LogP contribution in [0, 0.1) is 22.7 Å². The van der Waals surface area contributed by atoms with Crippen molar-refractivity contribution < 1.29 is 47.4 Å². The molecule has 12 nitrogen and oxygen atoms in total. The van der Waals surface area contributed by atoms with Crippen molar-refractivity contribution in [2.45, 2.75) is 0 Å². The number of nitriles is 2. The number of fused-ring (bicyclic) bond motifs is 26. The summed E-state index contributed by atoms with van der Waals surface area (Å²) in [4.78, 5) is 0. The topological polar surface area (TPSA) is 140 Å². The minimum Gasteiger partial charge on any atom is -0.491 e. The summed E-state index contributed by atoms with van der Waals surface area (Å²) in [5, 5.41) is 19.2. The fourth-order valence-corrected chi connectivity index (χ4v) is 3.62. The van der Waals surface area contributed by atoms with Crippen LogP contribution in [0.5, 0.6) is 23.0 Å². The molecule has 0 aliphatic carbocycles. The van der Waals surface area contributed by atoms with Gasteiger partial charge in [-0.2, -0.15) is 10.5 Å². The molecule has 2 aromatic carbocycles. The third kappa shape index (κ3) is 12.9. The lowest BCUT2D eigenvalue weighted by molar-refractivity contribution is 0.00481. The van der Waals surface area contributed by atoms with Crippen LogP contribution in [-0.4, -0.2) is 106 Å². The van der Waals surface area contributed by atoms with Crippen molar-refractivity contribution in [1.29, 1.82) is 10.5 Å². The van der Waals surface area contributed by atoms with Crippen molar-refractivity contribution >= 4 is 0 Å². The maximum atomic E-state index is 9.61. The average Bonchev–Trinajstić information content (AvgIpc) is 3.01. The van der Waals surface area contributed by atoms with E-state index in [9.17, 15) is 10.5 Å². The highest BCUT2D eigenvalue weighted by molar-refractivity contribution is 5.60. The molecule has 2 heterocycles. The first-order valence-corrected chi connectivity index (χ1v) is 13.9. The van der Waals surface area contributed by atoms with E-state index in [2.05, 4.69) is 0 Å². The molecule has 0 radical (unpaired) electrons. The van der Waals surface area contributed by atoms with Gasteiger partial charge in [-0.15, -0.1) is 0 Å². The van der Waals surface area contributed by atoms with E-state index in [-0.39, 0.29) is 24.3 Å². The first kappa shape index (κ1) is 32.9. The Hall–Kier alpha value is -3.62. The monoisotopic (exact) mass is 586 g/mol. The molecule has 42 heavy (non-hydrogen) atoms. The zero-order chi connectivity index (χ0) is 29.5. The Balaban J connectivity index is 1.43. The van der Waals surface area contributed by atoms with E-state index in [1.807, 2.05) is 36.4 Å². The molecule has 0 atom stereocenters. The van der Waals surface area contributed by atoms with Crippen LogP contribution in [0.2, 0.25) is 0 Å². The second kappa shape index (κ2) is 21.1. The van der Waals surface area contributed by atoms with Gasteiger partial charge in [0.25, 0.3) is 0 Å². The maximum absolute atomic E-state index is 9.61. The van der Waals surface area contributed by atoms with E-state index in [1.54, 1.807) is 12.1 Å². The molecule has 0 spiro atoms. The Morgan fingerprint density at radius 1 is 0.405 bits per heavy atom. The number of nitrogens with zero attached hydrogens (tertiary/aromatic N) is 2. The van der Waals surface area contributed by atoms with E-state index in [4.69, 9.17) is 47.4 Å². The van der Waals surface area contributed by atoms with E-state index in [1.165, 1.54) is 0 Å². The summed E-state index contributed by atoms with van der Waals surface area (Å²) in [6.07, 6.45) is 0. The lowest BCUT2D eigenvalue weighted by atomic mass is 10.1. The van der Waals surface area contributed by atoms with Crippen LogP contribution in [0.1, 0.15) is 11.1 Å². The lowest BCUT2D eigenvalue weighted by Crippen LogP contribution is -2.14. The standard InChI is InChI=1S/C30H38N2O10/c31-23-27-28(24-32)30-5-4-29(27)41-20-16-37-12-8-33-6-10-35-14-18-39-25-2-1-3-26(22-25)40-19-15-36-11-7-34-9-13-38-17-21-42-30/h1-5,22H,6-21H2. The first-order chi connectivity index (χ1) is 20.8. The molecule has 4 rings (SSSR count). The summed E-state index contributed by atoms with van der Waals surface area (Å²) in [7, 11) is 0. The van der Waals surface area contributed by atoms with Gasteiger partial charge >= 0.3 is 0 Å². The van der Waals surface area contributed by atoms with E-state index < -0.39 is 0 Å². The van der Waals surface area contributed by atoms with Gasteiger partial charge in [0, 0.05) is 6.07 Å². The highest BCUT2D eigenvalue weighted by atomic mass is 16.6. The second-order valence-electron chi connectivity index (χ2n) is 8.58. The molecule has 0 fully saturated rings. The third-order valence-electron chi connectivity index (χ3n) is 5.61. The molecule has 228 valence electrons. The summed E-state index contributed by atoms with van der Waals surface area (Å²) in [5.74, 6) is 1.98. The van der Waals surface area contributed by atoms with Crippen LogP contribution in [-0.2, 0) is 28.4 Å². The molecule has 12 heteroatoms. The Labute approximate surface area is 246 Å². The van der Waals surface area contributed by atoms with Crippen LogP contribution in [0.25, 0.3) is 0 Å². The van der Waals surface area contributed by atoms with Gasteiger partial charge in [0.15, 0.2) is 0 Å². The predicted molar refractivity (Wildman–Crippen MR) is 149 cm³/mol. The highest BCUT2D eigenvalue weighted by Gasteiger charge is 2.15. The molecule has 2 aliphatic heterocycles. The summed E-state index contributed by atoms with van der Waals surface area (Å²) in [6, 6.07) is 14.7. The van der Waals surface area contributed by atoms with Gasteiger partial charge in [-0.1, -0.05) is 6.07 Å². The zero-order valence-electron chi connectivity index (χ0n) is 23.8. The fourth-order valence-electron chi connectivity index (χ4n) is 3.62. The second-order valence-corrected chi connectivity index (χ2v) is 8.58. The van der Waals surface area contributed by atoms with Gasteiger partial charge in [-0.05, 0) is 24.3 Å². The predicted octanol–water partition coefficient (Wildman–Crippen LogP) is 2.76. The number of hydrogen-bond acceptors (Lipinski definition) is 12. The number of ether oxygens (including phenoxy) is 10. The highest BCUT2D eigenvalue weighted by Crippen LogP contribution is 2.29. The summed E-state index contributed by atoms with van der Waals surface area (Å²) < 4.78 is 55.9. The normalized spacial score (nSPS) is 18.0. The van der Waals surface area contributed by atoms with Crippen molar-refractivity contribution in [3.05, 3.63) is 47.5 Å². The fraction of sp³-hybridized carbons (Fsp3) is 0.533. The van der Waals surface area contributed by atoms with Crippen LogP contribution in [0.15, 0.2) is 36.4 Å². The quantitative estimate of drug-likeness (QED) is 0.419. The van der Waals surface area contributed by atoms with Crippen LogP contribution in [0.4, 0.5) is 0 Å². The minimum atomic E-state index is 0.113. The SMILES string of the molecule is N#Cc1c2ccc(c1C#N)OCCOCCOCCOCCOc1cccc(c1)OCCOCCOCCOCCO2. The van der Waals surface area contributed by atoms with Crippen LogP contribution in [0.3, 0.4) is 0 Å². The Morgan fingerprint density at radius 2 is 0.714 bits per heavy atom. The van der Waals surface area contributed by atoms with Crippen molar-refractivity contribution in [3.8, 4) is 35.1 Å². The van der Waals surface area contributed by atoms with Gasteiger partial charge in [0.2, 0.25) is 0 Å². The van der Waals surface area contributed by atoms with Gasteiger partial charge in [-0.25, -0.2) is 0 Å². The molecule has 2 aromatic rings. The molecule has 0 saturated heterocycles. The average molecular weight is 587 g/mol. The van der Waals surface area contributed by atoms with Gasteiger partial charge < -0.3 is 47.4 Å². The third-order valence-corrected chi connectivity index (χ3v) is 5.61. The van der Waals surface area contributed by atoms with Crippen LogP contribution < -0.4 is 18.9 Å². The van der Waals surface area contributed by atoms with E-state index in [0.717, 1.165) is 0 Å². The number of hydrogen-bond donors (Lipinski definition) is 0. The molecule has 0 aromatic heterocycles. The molecular weight excluding hydrogens is 548 g/mol. The van der Waals surface area contributed by atoms with Gasteiger partial charge in [0.05, 0.1) is 79.3 Å². The molecule has 0 saturated carbocycles. The molecule has 0 unspecified atom stereocenters. The Kier molecular flexibility index (Phi) is 16.6. The maximum Gasteiger partial charge on any atom is 0.138 e. The van der Waals surface area contributed by atoms with Gasteiger partial charge in [0.1, 0.15) is 72.7 Å². The van der Waals surface area contributed by atoms with Crippen molar-refractivity contribution in [1.82, 2.24) is 0 Å². The molecule has 0 N–H and O–H groups in total. The Bertz CT molecular complexity index is 1040. The number of rotatable bonds is 0. The molecule has 0 amide bonds. The molecule has 2 aliphatic rings. The summed E-state index contributed by atoms with van der Waals surface area (Å²) in [5.41, 5.74) is 0.226. The number of benzene rings is 2. The van der Waals surface area contributed by atoms with E-state index in [0.29, 0.717) is 115 Å². The smallest absolute Gasteiger partial charge is 0.138 e. The first-order valence-electron chi connectivity index (χ1n) is 13.9. The summed E-state index contributed by atoms with van der Waals surface area (Å²) >= 11 is 0. The summed E-state index contributed by atoms with van der Waals surface area (Å²) in [6.45, 7) is 5.97. The zero-order valence-corrected chi connectivity index (χ0v) is 23.8.